The highest BCUT2D eigenvalue weighted by Gasteiger charge is 2.33. The van der Waals surface area contributed by atoms with Gasteiger partial charge in [-0.15, -0.1) is 0 Å². The lowest BCUT2D eigenvalue weighted by Gasteiger charge is -2.39. The fourth-order valence-corrected chi connectivity index (χ4v) is 1.56. The number of ether oxygens (including phenoxy) is 2. The van der Waals surface area contributed by atoms with Gasteiger partial charge in [-0.05, 0) is 27.2 Å². The monoisotopic (exact) mass is 188 g/mol. The first-order valence-corrected chi connectivity index (χ1v) is 4.92. The molecule has 1 saturated heterocycles. The van der Waals surface area contributed by atoms with Crippen molar-refractivity contribution in [3.63, 3.8) is 0 Å². The second-order valence-electron chi connectivity index (χ2n) is 4.29. The van der Waals surface area contributed by atoms with Gasteiger partial charge in [-0.3, -0.25) is 0 Å². The van der Waals surface area contributed by atoms with Gasteiger partial charge in [0.15, 0.2) is 5.79 Å². The third-order valence-electron chi connectivity index (χ3n) is 2.63. The van der Waals surface area contributed by atoms with E-state index < -0.39 is 5.79 Å². The van der Waals surface area contributed by atoms with Gasteiger partial charge in [-0.25, -0.2) is 0 Å². The van der Waals surface area contributed by atoms with E-state index in [2.05, 4.69) is 0 Å². The van der Waals surface area contributed by atoms with E-state index in [0.29, 0.717) is 6.61 Å². The zero-order valence-electron chi connectivity index (χ0n) is 8.91. The lowest BCUT2D eigenvalue weighted by molar-refractivity contribution is -0.285. The Morgan fingerprint density at radius 3 is 2.46 bits per heavy atom. The molecule has 3 nitrogen and oxygen atoms in total. The first kappa shape index (κ1) is 11.0. The summed E-state index contributed by atoms with van der Waals surface area (Å²) in [6, 6.07) is 0. The summed E-state index contributed by atoms with van der Waals surface area (Å²) in [6.07, 6.45) is 0.665. The van der Waals surface area contributed by atoms with Crippen LogP contribution in [0.3, 0.4) is 0 Å². The van der Waals surface area contributed by atoms with Gasteiger partial charge in [0.25, 0.3) is 0 Å². The van der Waals surface area contributed by atoms with E-state index >= 15 is 0 Å². The largest absolute Gasteiger partial charge is 0.393 e. The Morgan fingerprint density at radius 2 is 2.00 bits per heavy atom. The molecule has 0 aromatic carbocycles. The Hall–Kier alpha value is -0.120. The predicted octanol–water partition coefficient (Wildman–Crippen LogP) is 1.54. The second-order valence-corrected chi connectivity index (χ2v) is 4.29. The van der Waals surface area contributed by atoms with E-state index in [1.54, 1.807) is 6.92 Å². The van der Waals surface area contributed by atoms with Crippen LogP contribution in [-0.2, 0) is 9.47 Å². The molecule has 3 atom stereocenters. The maximum atomic E-state index is 9.42. The van der Waals surface area contributed by atoms with Gasteiger partial charge in [0.2, 0.25) is 0 Å². The number of aliphatic hydroxyl groups excluding tert-OH is 1. The summed E-state index contributed by atoms with van der Waals surface area (Å²) in [5.74, 6) is -0.324. The smallest absolute Gasteiger partial charge is 0.163 e. The zero-order chi connectivity index (χ0) is 10.1. The fourth-order valence-electron chi connectivity index (χ4n) is 1.56. The zero-order valence-corrected chi connectivity index (χ0v) is 8.91. The first-order valence-electron chi connectivity index (χ1n) is 4.92. The van der Waals surface area contributed by atoms with Crippen molar-refractivity contribution in [2.45, 2.75) is 52.1 Å². The Balaban J connectivity index is 2.51. The summed E-state index contributed by atoms with van der Waals surface area (Å²) < 4.78 is 11.1. The molecule has 0 amide bonds. The van der Waals surface area contributed by atoms with Gasteiger partial charge in [-0.2, -0.15) is 0 Å². The van der Waals surface area contributed by atoms with Crippen LogP contribution in [-0.4, -0.2) is 29.7 Å². The summed E-state index contributed by atoms with van der Waals surface area (Å²) in [5, 5.41) is 9.42. The van der Waals surface area contributed by atoms with Crippen molar-refractivity contribution >= 4 is 0 Å². The van der Waals surface area contributed by atoms with Crippen LogP contribution in [0.2, 0.25) is 0 Å². The molecule has 1 heterocycles. The van der Waals surface area contributed by atoms with Crippen LogP contribution in [0.4, 0.5) is 0 Å². The van der Waals surface area contributed by atoms with E-state index in [4.69, 9.17) is 9.47 Å². The molecule has 0 aromatic heterocycles. The molecule has 78 valence electrons. The highest BCUT2D eigenvalue weighted by Crippen LogP contribution is 2.27. The Morgan fingerprint density at radius 1 is 1.38 bits per heavy atom. The van der Waals surface area contributed by atoms with Crippen molar-refractivity contribution in [2.75, 3.05) is 6.61 Å². The molecule has 2 unspecified atom stereocenters. The van der Waals surface area contributed by atoms with E-state index in [-0.39, 0.29) is 18.1 Å². The topological polar surface area (TPSA) is 38.7 Å². The minimum absolute atomic E-state index is 0.115. The van der Waals surface area contributed by atoms with Crippen molar-refractivity contribution in [3.8, 4) is 0 Å². The van der Waals surface area contributed by atoms with Gasteiger partial charge in [0.05, 0.1) is 18.8 Å². The third-order valence-corrected chi connectivity index (χ3v) is 2.63. The molecule has 0 radical (unpaired) electrons. The van der Waals surface area contributed by atoms with Crippen LogP contribution in [0.5, 0.6) is 0 Å². The summed E-state index contributed by atoms with van der Waals surface area (Å²) in [5.41, 5.74) is 0. The van der Waals surface area contributed by atoms with Crippen LogP contribution in [0.15, 0.2) is 0 Å². The van der Waals surface area contributed by atoms with E-state index in [1.807, 2.05) is 20.8 Å². The lowest BCUT2D eigenvalue weighted by atomic mass is 9.96. The summed E-state index contributed by atoms with van der Waals surface area (Å²) in [6.45, 7) is 8.35. The SMILES string of the molecule is CC(O)C(C)[C@@H]1CCOC(C)(C)O1. The Kier molecular flexibility index (Phi) is 3.33. The molecule has 0 aliphatic carbocycles. The molecule has 0 saturated carbocycles. The van der Waals surface area contributed by atoms with Gasteiger partial charge in [0, 0.05) is 5.92 Å². The van der Waals surface area contributed by atoms with Crippen LogP contribution >= 0.6 is 0 Å². The number of hydrogen-bond acceptors (Lipinski definition) is 3. The number of hydrogen-bond donors (Lipinski definition) is 1. The molecule has 1 rings (SSSR count). The average molecular weight is 188 g/mol. The number of rotatable bonds is 2. The van der Waals surface area contributed by atoms with Crippen molar-refractivity contribution in [1.82, 2.24) is 0 Å². The minimum Gasteiger partial charge on any atom is -0.393 e. The van der Waals surface area contributed by atoms with Crippen molar-refractivity contribution in [3.05, 3.63) is 0 Å². The molecule has 1 fully saturated rings. The van der Waals surface area contributed by atoms with Gasteiger partial charge >= 0.3 is 0 Å². The molecule has 0 spiro atoms. The fraction of sp³-hybridized carbons (Fsp3) is 1.00. The van der Waals surface area contributed by atoms with Gasteiger partial charge in [-0.1, -0.05) is 6.92 Å². The third kappa shape index (κ3) is 2.93. The van der Waals surface area contributed by atoms with Crippen LogP contribution in [0, 0.1) is 5.92 Å². The quantitative estimate of drug-likeness (QED) is 0.714. The molecule has 1 aliphatic heterocycles. The molecule has 0 bridgehead atoms. The summed E-state index contributed by atoms with van der Waals surface area (Å²) in [4.78, 5) is 0. The molecule has 13 heavy (non-hydrogen) atoms. The van der Waals surface area contributed by atoms with Crippen LogP contribution in [0.25, 0.3) is 0 Å². The van der Waals surface area contributed by atoms with Crippen LogP contribution in [0.1, 0.15) is 34.1 Å². The van der Waals surface area contributed by atoms with Crippen LogP contribution < -0.4 is 0 Å². The molecule has 0 aromatic rings. The van der Waals surface area contributed by atoms with Crippen molar-refractivity contribution < 1.29 is 14.6 Å². The van der Waals surface area contributed by atoms with Gasteiger partial charge < -0.3 is 14.6 Å². The highest BCUT2D eigenvalue weighted by molar-refractivity contribution is 4.76. The van der Waals surface area contributed by atoms with Crippen molar-refractivity contribution in [2.24, 2.45) is 5.92 Å². The average Bonchev–Trinajstić information content (AvgIpc) is 2.01. The van der Waals surface area contributed by atoms with E-state index in [9.17, 15) is 5.11 Å². The molecule has 3 heteroatoms. The normalized spacial score (nSPS) is 32.5. The van der Waals surface area contributed by atoms with E-state index in [0.717, 1.165) is 6.42 Å². The molecule has 1 N–H and O–H groups in total. The number of aliphatic hydroxyl groups is 1. The molecule has 1 aliphatic rings. The second kappa shape index (κ2) is 3.95. The maximum absolute atomic E-state index is 9.42. The standard InChI is InChI=1S/C10H20O3/c1-7(8(2)11)9-5-6-12-10(3,4)13-9/h7-9,11H,5-6H2,1-4H3/t7?,8?,9-/m0/s1. The van der Waals surface area contributed by atoms with Crippen molar-refractivity contribution in [1.29, 1.82) is 0 Å². The van der Waals surface area contributed by atoms with E-state index in [1.165, 1.54) is 0 Å². The first-order chi connectivity index (χ1) is 5.92. The Labute approximate surface area is 80.0 Å². The summed E-state index contributed by atoms with van der Waals surface area (Å²) in [7, 11) is 0. The minimum atomic E-state index is -0.494. The Bertz CT molecular complexity index is 166. The summed E-state index contributed by atoms with van der Waals surface area (Å²) >= 11 is 0. The molecular weight excluding hydrogens is 168 g/mol. The highest BCUT2D eigenvalue weighted by atomic mass is 16.7. The molecular formula is C10H20O3. The van der Waals surface area contributed by atoms with Gasteiger partial charge in [0.1, 0.15) is 0 Å². The predicted molar refractivity (Wildman–Crippen MR) is 50.4 cm³/mol. The maximum Gasteiger partial charge on any atom is 0.163 e. The lowest BCUT2D eigenvalue weighted by Crippen LogP contribution is -2.44.